The maximum atomic E-state index is 12.3. The molecule has 0 spiro atoms. The van der Waals surface area contributed by atoms with Gasteiger partial charge in [-0.3, -0.25) is 9.69 Å². The lowest BCUT2D eigenvalue weighted by Crippen LogP contribution is -2.42. The highest BCUT2D eigenvalue weighted by Gasteiger charge is 2.43. The number of rotatable bonds is 5. The van der Waals surface area contributed by atoms with Crippen molar-refractivity contribution in [3.63, 3.8) is 0 Å². The fourth-order valence-electron chi connectivity index (χ4n) is 5.39. The van der Waals surface area contributed by atoms with E-state index in [4.69, 9.17) is 9.47 Å². The van der Waals surface area contributed by atoms with Crippen molar-refractivity contribution in [2.24, 2.45) is 0 Å². The van der Waals surface area contributed by atoms with Crippen molar-refractivity contribution in [3.05, 3.63) is 58.1 Å². The highest BCUT2D eigenvalue weighted by molar-refractivity contribution is 5.76. The maximum absolute atomic E-state index is 12.3. The zero-order valence-corrected chi connectivity index (χ0v) is 19.3. The van der Waals surface area contributed by atoms with Crippen LogP contribution in [0.5, 0.6) is 11.5 Å². The van der Waals surface area contributed by atoms with Crippen molar-refractivity contribution < 1.29 is 14.3 Å². The molecule has 0 aromatic heterocycles. The molecular formula is C26H34N2O3. The van der Waals surface area contributed by atoms with Gasteiger partial charge in [-0.15, -0.1) is 0 Å². The van der Waals surface area contributed by atoms with Crippen LogP contribution in [0.2, 0.25) is 0 Å². The lowest BCUT2D eigenvalue weighted by atomic mass is 9.95. The normalized spacial score (nSPS) is 23.8. The van der Waals surface area contributed by atoms with E-state index in [1.165, 1.54) is 27.8 Å². The van der Waals surface area contributed by atoms with E-state index in [-0.39, 0.29) is 18.0 Å². The zero-order chi connectivity index (χ0) is 22.1. The molecule has 0 bridgehead atoms. The van der Waals surface area contributed by atoms with Gasteiger partial charge in [0.15, 0.2) is 0 Å². The standard InChI is InChI=1S/C26H34N2O3/c1-16-13-25(31-5)18(3)17(2)21(16)15-28-23-7-6-8-26(29)27-22(23)14-24(28)19-9-11-20(30-4)12-10-19/h9-13,22-24H,6-8,14-15H2,1-5H3,(H,27,29)/t22-,23+,24+/m0/s1. The molecule has 0 aliphatic carbocycles. The van der Waals surface area contributed by atoms with Crippen molar-refractivity contribution in [3.8, 4) is 11.5 Å². The molecule has 3 atom stereocenters. The smallest absolute Gasteiger partial charge is 0.220 e. The van der Waals surface area contributed by atoms with E-state index in [0.717, 1.165) is 37.3 Å². The fraction of sp³-hybridized carbons (Fsp3) is 0.500. The van der Waals surface area contributed by atoms with Gasteiger partial charge in [0, 0.05) is 31.1 Å². The molecule has 0 saturated carbocycles. The molecule has 2 aromatic carbocycles. The monoisotopic (exact) mass is 422 g/mol. The van der Waals surface area contributed by atoms with Gasteiger partial charge in [-0.25, -0.2) is 0 Å². The van der Waals surface area contributed by atoms with E-state index in [1.807, 2.05) is 12.1 Å². The Kier molecular flexibility index (Phi) is 6.24. The summed E-state index contributed by atoms with van der Waals surface area (Å²) in [6, 6.07) is 11.4. The Morgan fingerprint density at radius 3 is 2.48 bits per heavy atom. The Bertz CT molecular complexity index is 954. The van der Waals surface area contributed by atoms with Gasteiger partial charge in [-0.05, 0) is 86.1 Å². The predicted octanol–water partition coefficient (Wildman–Crippen LogP) is 4.61. The maximum Gasteiger partial charge on any atom is 0.220 e. The topological polar surface area (TPSA) is 50.8 Å². The summed E-state index contributed by atoms with van der Waals surface area (Å²) in [6.07, 6.45) is 3.56. The number of amides is 1. The average Bonchev–Trinajstić information content (AvgIpc) is 2.98. The summed E-state index contributed by atoms with van der Waals surface area (Å²) in [5.74, 6) is 2.01. The molecule has 2 aliphatic rings. The van der Waals surface area contributed by atoms with Gasteiger partial charge in [-0.2, -0.15) is 0 Å². The van der Waals surface area contributed by atoms with Gasteiger partial charge in [0.05, 0.1) is 14.2 Å². The number of carbonyl (C=O) groups excluding carboxylic acids is 1. The van der Waals surface area contributed by atoms with Gasteiger partial charge < -0.3 is 14.8 Å². The molecule has 31 heavy (non-hydrogen) atoms. The zero-order valence-electron chi connectivity index (χ0n) is 19.3. The lowest BCUT2D eigenvalue weighted by molar-refractivity contribution is -0.121. The number of ether oxygens (including phenoxy) is 2. The largest absolute Gasteiger partial charge is 0.497 e. The fourth-order valence-corrected chi connectivity index (χ4v) is 5.39. The minimum atomic E-state index is 0.190. The molecule has 0 radical (unpaired) electrons. The Balaban J connectivity index is 1.72. The molecule has 1 amide bonds. The molecule has 5 nitrogen and oxygen atoms in total. The van der Waals surface area contributed by atoms with Crippen LogP contribution in [-0.2, 0) is 11.3 Å². The summed E-state index contributed by atoms with van der Waals surface area (Å²) in [4.78, 5) is 14.9. The first-order valence-electron chi connectivity index (χ1n) is 11.3. The Labute approximate surface area is 185 Å². The first kappa shape index (κ1) is 21.7. The van der Waals surface area contributed by atoms with E-state index < -0.39 is 0 Å². The Morgan fingerprint density at radius 2 is 1.81 bits per heavy atom. The van der Waals surface area contributed by atoms with Crippen LogP contribution in [-0.4, -0.2) is 37.1 Å². The van der Waals surface area contributed by atoms with E-state index in [0.29, 0.717) is 12.5 Å². The number of likely N-dealkylation sites (tertiary alicyclic amines) is 1. The van der Waals surface area contributed by atoms with Crippen molar-refractivity contribution in [1.29, 1.82) is 0 Å². The number of aryl methyl sites for hydroxylation is 1. The van der Waals surface area contributed by atoms with E-state index in [9.17, 15) is 4.79 Å². The quantitative estimate of drug-likeness (QED) is 0.764. The second kappa shape index (κ2) is 8.91. The minimum Gasteiger partial charge on any atom is -0.497 e. The van der Waals surface area contributed by atoms with E-state index in [1.54, 1.807) is 14.2 Å². The van der Waals surface area contributed by atoms with Crippen molar-refractivity contribution in [1.82, 2.24) is 10.2 Å². The summed E-state index contributed by atoms with van der Waals surface area (Å²) in [7, 11) is 3.43. The number of hydrogen-bond donors (Lipinski definition) is 1. The number of methoxy groups -OCH3 is 2. The molecular weight excluding hydrogens is 388 g/mol. The van der Waals surface area contributed by atoms with Gasteiger partial charge >= 0.3 is 0 Å². The van der Waals surface area contributed by atoms with Crippen LogP contribution in [0.4, 0.5) is 0 Å². The molecule has 5 heteroatoms. The van der Waals surface area contributed by atoms with Crippen molar-refractivity contribution in [2.45, 2.75) is 71.1 Å². The first-order chi connectivity index (χ1) is 14.9. The van der Waals surface area contributed by atoms with Crippen LogP contribution in [0.1, 0.15) is 59.5 Å². The summed E-state index contributed by atoms with van der Waals surface area (Å²) in [5.41, 5.74) is 6.41. The number of fused-ring (bicyclic) bond motifs is 1. The third-order valence-corrected chi connectivity index (χ3v) is 7.29. The van der Waals surface area contributed by atoms with Crippen molar-refractivity contribution >= 4 is 5.91 Å². The number of benzene rings is 2. The van der Waals surface area contributed by atoms with Crippen LogP contribution < -0.4 is 14.8 Å². The molecule has 2 heterocycles. The van der Waals surface area contributed by atoms with Crippen LogP contribution >= 0.6 is 0 Å². The van der Waals surface area contributed by atoms with Crippen LogP contribution in [0.15, 0.2) is 30.3 Å². The second-order valence-electron chi connectivity index (χ2n) is 8.95. The molecule has 0 unspecified atom stereocenters. The third-order valence-electron chi connectivity index (χ3n) is 7.29. The van der Waals surface area contributed by atoms with Crippen LogP contribution in [0.3, 0.4) is 0 Å². The highest BCUT2D eigenvalue weighted by atomic mass is 16.5. The predicted molar refractivity (Wildman–Crippen MR) is 123 cm³/mol. The summed E-state index contributed by atoms with van der Waals surface area (Å²) in [5, 5.41) is 3.31. The SMILES string of the molecule is COc1ccc([C@H]2C[C@@H]3NC(=O)CCC[C@H]3N2Cc2c(C)cc(OC)c(C)c2C)cc1. The van der Waals surface area contributed by atoms with Crippen LogP contribution in [0.25, 0.3) is 0 Å². The van der Waals surface area contributed by atoms with Gasteiger partial charge in [0.2, 0.25) is 5.91 Å². The van der Waals surface area contributed by atoms with E-state index in [2.05, 4.69) is 49.2 Å². The first-order valence-corrected chi connectivity index (χ1v) is 11.3. The number of nitrogens with one attached hydrogen (secondary N) is 1. The molecule has 1 N–H and O–H groups in total. The number of hydrogen-bond acceptors (Lipinski definition) is 4. The minimum absolute atomic E-state index is 0.190. The summed E-state index contributed by atoms with van der Waals surface area (Å²) >= 11 is 0. The molecule has 2 fully saturated rings. The molecule has 166 valence electrons. The average molecular weight is 423 g/mol. The molecule has 2 aromatic rings. The van der Waals surface area contributed by atoms with Gasteiger partial charge in [-0.1, -0.05) is 12.1 Å². The van der Waals surface area contributed by atoms with Crippen LogP contribution in [0, 0.1) is 20.8 Å². The number of nitrogens with zero attached hydrogens (tertiary/aromatic N) is 1. The summed E-state index contributed by atoms with van der Waals surface area (Å²) in [6.45, 7) is 7.38. The van der Waals surface area contributed by atoms with Gasteiger partial charge in [0.25, 0.3) is 0 Å². The Morgan fingerprint density at radius 1 is 1.06 bits per heavy atom. The third kappa shape index (κ3) is 4.16. The molecule has 2 saturated heterocycles. The lowest BCUT2D eigenvalue weighted by Gasteiger charge is -2.32. The Hall–Kier alpha value is -2.53. The second-order valence-corrected chi connectivity index (χ2v) is 8.95. The molecule has 4 rings (SSSR count). The molecule has 2 aliphatic heterocycles. The summed E-state index contributed by atoms with van der Waals surface area (Å²) < 4.78 is 10.9. The van der Waals surface area contributed by atoms with E-state index >= 15 is 0 Å². The van der Waals surface area contributed by atoms with Crippen molar-refractivity contribution in [2.75, 3.05) is 14.2 Å². The van der Waals surface area contributed by atoms with Gasteiger partial charge in [0.1, 0.15) is 11.5 Å². The number of carbonyl (C=O) groups is 1. The highest BCUT2D eigenvalue weighted by Crippen LogP contribution is 2.42.